The van der Waals surface area contributed by atoms with Crippen molar-refractivity contribution in [3.8, 4) is 0 Å². The summed E-state index contributed by atoms with van der Waals surface area (Å²) in [6.45, 7) is 1.95. The van der Waals surface area contributed by atoms with Crippen LogP contribution in [-0.4, -0.2) is 21.0 Å². The lowest BCUT2D eigenvalue weighted by Gasteiger charge is -2.24. The van der Waals surface area contributed by atoms with E-state index in [2.05, 4.69) is 0 Å². The van der Waals surface area contributed by atoms with E-state index < -0.39 is 15.0 Å². The van der Waals surface area contributed by atoms with Crippen LogP contribution < -0.4 is 0 Å². The van der Waals surface area contributed by atoms with Gasteiger partial charge in [-0.25, -0.2) is 13.2 Å². The summed E-state index contributed by atoms with van der Waals surface area (Å²) < 4.78 is 27.7. The molecule has 1 aromatic heterocycles. The third-order valence-electron chi connectivity index (χ3n) is 3.42. The Morgan fingerprint density at radius 1 is 1.53 bits per heavy atom. The summed E-state index contributed by atoms with van der Waals surface area (Å²) in [5.74, 6) is 0.204. The molecule has 1 aromatic rings. The van der Waals surface area contributed by atoms with Crippen LogP contribution in [0, 0.1) is 12.8 Å². The Kier molecular flexibility index (Phi) is 4.53. The highest BCUT2D eigenvalue weighted by atomic mass is 35.7. The van der Waals surface area contributed by atoms with E-state index in [4.69, 9.17) is 15.4 Å². The molecule has 0 aliphatic heterocycles. The van der Waals surface area contributed by atoms with Crippen molar-refractivity contribution in [2.24, 2.45) is 5.92 Å². The minimum atomic E-state index is -3.79. The maximum absolute atomic E-state index is 11.8. The Bertz CT molecular complexity index is 573. The van der Waals surface area contributed by atoms with Gasteiger partial charge in [0.25, 0.3) is 9.05 Å². The molecule has 1 saturated carbocycles. The van der Waals surface area contributed by atoms with Crippen LogP contribution in [-0.2, 0) is 13.8 Å². The molecule has 4 nitrogen and oxygen atoms in total. The van der Waals surface area contributed by atoms with Gasteiger partial charge in [0.1, 0.15) is 4.21 Å². The van der Waals surface area contributed by atoms with Crippen molar-refractivity contribution in [3.63, 3.8) is 0 Å². The van der Waals surface area contributed by atoms with Crippen LogP contribution >= 0.6 is 22.0 Å². The van der Waals surface area contributed by atoms with Crippen molar-refractivity contribution in [3.05, 3.63) is 16.5 Å². The molecule has 2 rings (SSSR count). The van der Waals surface area contributed by atoms with Crippen LogP contribution in [0.4, 0.5) is 0 Å². The largest absolute Gasteiger partial charge is 0.462 e. The molecule has 1 fully saturated rings. The first-order valence-corrected chi connectivity index (χ1v) is 9.28. The fraction of sp³-hybridized carbons (Fsp3) is 0.583. The average Bonchev–Trinajstić information content (AvgIpc) is 2.63. The van der Waals surface area contributed by atoms with E-state index in [1.807, 2.05) is 0 Å². The zero-order valence-electron chi connectivity index (χ0n) is 10.5. The number of rotatable bonds is 5. The smallest absolute Gasteiger partial charge is 0.339 e. The van der Waals surface area contributed by atoms with Crippen molar-refractivity contribution in [2.75, 3.05) is 6.61 Å². The minimum Gasteiger partial charge on any atom is -0.462 e. The lowest BCUT2D eigenvalue weighted by atomic mass is 9.83. The SMILES string of the molecule is Cc1c(C(=O)OCCC2CCC2)csc1S(=O)(=O)Cl. The molecule has 0 aromatic carbocycles. The van der Waals surface area contributed by atoms with Gasteiger partial charge in [-0.15, -0.1) is 11.3 Å². The van der Waals surface area contributed by atoms with Crippen LogP contribution in [0.25, 0.3) is 0 Å². The van der Waals surface area contributed by atoms with Gasteiger partial charge in [-0.05, 0) is 24.8 Å². The van der Waals surface area contributed by atoms with Crippen LogP contribution in [0.3, 0.4) is 0 Å². The van der Waals surface area contributed by atoms with Gasteiger partial charge in [0.2, 0.25) is 0 Å². The standard InChI is InChI=1S/C12H15ClO4S2/c1-8-10(7-18-12(8)19(13,15)16)11(14)17-6-5-9-3-2-4-9/h7,9H,2-6H2,1H3. The third-order valence-corrected chi connectivity index (χ3v) is 6.73. The highest BCUT2D eigenvalue weighted by Gasteiger charge is 2.23. The molecule has 106 valence electrons. The van der Waals surface area contributed by atoms with E-state index >= 15 is 0 Å². The van der Waals surface area contributed by atoms with E-state index in [9.17, 15) is 13.2 Å². The molecule has 7 heteroatoms. The van der Waals surface area contributed by atoms with Gasteiger partial charge in [0.05, 0.1) is 12.2 Å². The van der Waals surface area contributed by atoms with Crippen LogP contribution in [0.2, 0.25) is 0 Å². The molecule has 0 spiro atoms. The van der Waals surface area contributed by atoms with Crippen molar-refractivity contribution in [1.82, 2.24) is 0 Å². The summed E-state index contributed by atoms with van der Waals surface area (Å²) in [7, 11) is 1.49. The Morgan fingerprint density at radius 3 is 2.68 bits per heavy atom. The summed E-state index contributed by atoms with van der Waals surface area (Å²) >= 11 is 0.946. The molecule has 0 amide bonds. The second-order valence-corrected chi connectivity index (χ2v) is 8.36. The average molecular weight is 323 g/mol. The topological polar surface area (TPSA) is 60.4 Å². The molecule has 0 radical (unpaired) electrons. The predicted molar refractivity (Wildman–Crippen MR) is 74.3 cm³/mol. The van der Waals surface area contributed by atoms with Gasteiger partial charge in [0, 0.05) is 16.1 Å². The van der Waals surface area contributed by atoms with Gasteiger partial charge in [0.15, 0.2) is 0 Å². The first-order valence-electron chi connectivity index (χ1n) is 6.09. The van der Waals surface area contributed by atoms with Crippen LogP contribution in [0.5, 0.6) is 0 Å². The summed E-state index contributed by atoms with van der Waals surface area (Å²) in [5.41, 5.74) is 0.659. The number of ether oxygens (including phenoxy) is 1. The maximum atomic E-state index is 11.8. The van der Waals surface area contributed by atoms with Gasteiger partial charge in [-0.1, -0.05) is 19.3 Å². The van der Waals surface area contributed by atoms with Crippen molar-refractivity contribution in [2.45, 2.75) is 36.8 Å². The van der Waals surface area contributed by atoms with E-state index in [0.717, 1.165) is 17.8 Å². The highest BCUT2D eigenvalue weighted by Crippen LogP contribution is 2.31. The highest BCUT2D eigenvalue weighted by molar-refractivity contribution is 8.15. The Morgan fingerprint density at radius 2 is 2.21 bits per heavy atom. The molecule has 0 N–H and O–H groups in total. The summed E-state index contributed by atoms with van der Waals surface area (Å²) in [6.07, 6.45) is 4.57. The van der Waals surface area contributed by atoms with Crippen molar-refractivity contribution >= 4 is 37.0 Å². The van der Waals surface area contributed by atoms with Gasteiger partial charge >= 0.3 is 5.97 Å². The fourth-order valence-electron chi connectivity index (χ4n) is 2.02. The van der Waals surface area contributed by atoms with Crippen LogP contribution in [0.15, 0.2) is 9.59 Å². The molecule has 1 aliphatic rings. The predicted octanol–water partition coefficient (Wildman–Crippen LogP) is 3.33. The first kappa shape index (κ1) is 14.8. The Hall–Kier alpha value is -0.590. The lowest BCUT2D eigenvalue weighted by Crippen LogP contribution is -2.15. The number of esters is 1. The normalized spacial score (nSPS) is 16.1. The fourth-order valence-corrected chi connectivity index (χ4v) is 4.56. The minimum absolute atomic E-state index is 0.0140. The molecule has 0 atom stereocenters. The van der Waals surface area contributed by atoms with E-state index in [1.165, 1.54) is 24.6 Å². The monoisotopic (exact) mass is 322 g/mol. The summed E-state index contributed by atoms with van der Waals surface area (Å²) in [5, 5.41) is 1.48. The number of carbonyl (C=O) groups excluding carboxylic acids is 1. The number of thiophene rings is 1. The molecule has 19 heavy (non-hydrogen) atoms. The molecule has 1 aliphatic carbocycles. The van der Waals surface area contributed by atoms with Crippen LogP contribution in [0.1, 0.15) is 41.6 Å². The molecule has 0 unspecified atom stereocenters. The van der Waals surface area contributed by atoms with E-state index in [0.29, 0.717) is 18.1 Å². The molecular weight excluding hydrogens is 308 g/mol. The van der Waals surface area contributed by atoms with E-state index in [-0.39, 0.29) is 9.77 Å². The van der Waals surface area contributed by atoms with Gasteiger partial charge in [-0.2, -0.15) is 0 Å². The molecule has 0 bridgehead atoms. The number of hydrogen-bond donors (Lipinski definition) is 0. The van der Waals surface area contributed by atoms with Gasteiger partial charge < -0.3 is 4.74 Å². The van der Waals surface area contributed by atoms with Crippen molar-refractivity contribution < 1.29 is 17.9 Å². The lowest BCUT2D eigenvalue weighted by molar-refractivity contribution is 0.0464. The second-order valence-electron chi connectivity index (χ2n) is 4.72. The molecule has 1 heterocycles. The first-order chi connectivity index (χ1) is 8.89. The quantitative estimate of drug-likeness (QED) is 0.616. The second kappa shape index (κ2) is 5.81. The Balaban J connectivity index is 1.97. The zero-order valence-corrected chi connectivity index (χ0v) is 12.9. The number of halogens is 1. The Labute approximate surface area is 121 Å². The summed E-state index contributed by atoms with van der Waals surface area (Å²) in [4.78, 5) is 11.8. The third kappa shape index (κ3) is 3.49. The number of hydrogen-bond acceptors (Lipinski definition) is 5. The zero-order chi connectivity index (χ0) is 14.0. The van der Waals surface area contributed by atoms with Crippen molar-refractivity contribution in [1.29, 1.82) is 0 Å². The molecule has 0 saturated heterocycles. The molecular formula is C12H15ClO4S2. The number of carbonyl (C=O) groups is 1. The van der Waals surface area contributed by atoms with E-state index in [1.54, 1.807) is 6.92 Å². The van der Waals surface area contributed by atoms with Gasteiger partial charge in [-0.3, -0.25) is 0 Å². The summed E-state index contributed by atoms with van der Waals surface area (Å²) in [6, 6.07) is 0. The maximum Gasteiger partial charge on any atom is 0.339 e.